The van der Waals surface area contributed by atoms with Gasteiger partial charge in [-0.3, -0.25) is 4.48 Å². The van der Waals surface area contributed by atoms with Gasteiger partial charge < -0.3 is 4.74 Å². The van der Waals surface area contributed by atoms with Crippen LogP contribution in [-0.4, -0.2) is 36.3 Å². The minimum absolute atomic E-state index is 0.0517. The average Bonchev–Trinajstić information content (AvgIpc) is 2.29. The van der Waals surface area contributed by atoms with Gasteiger partial charge in [0.2, 0.25) is 6.23 Å². The number of rotatable bonds is 7. The Labute approximate surface area is 99.7 Å². The minimum atomic E-state index is -0.273. The van der Waals surface area contributed by atoms with Crippen LogP contribution in [0.4, 0.5) is 0 Å². The first-order valence-electron chi connectivity index (χ1n) is 6.19. The molecule has 0 aliphatic carbocycles. The van der Waals surface area contributed by atoms with Crippen molar-refractivity contribution in [1.29, 1.82) is 0 Å². The first kappa shape index (κ1) is 15.2. The fraction of sp³-hybridized carbons (Fsp3) is 0.769. The molecule has 1 unspecified atom stereocenters. The van der Waals surface area contributed by atoms with Crippen molar-refractivity contribution in [3.63, 3.8) is 0 Å². The van der Waals surface area contributed by atoms with Crippen molar-refractivity contribution in [3.05, 3.63) is 12.2 Å². The van der Waals surface area contributed by atoms with Crippen LogP contribution in [0, 0.1) is 0 Å². The summed E-state index contributed by atoms with van der Waals surface area (Å²) >= 11 is 0. The Morgan fingerprint density at radius 1 is 1.19 bits per heavy atom. The van der Waals surface area contributed by atoms with Crippen molar-refractivity contribution < 1.29 is 14.0 Å². The van der Waals surface area contributed by atoms with E-state index in [-0.39, 0.29) is 12.2 Å². The molecule has 16 heavy (non-hydrogen) atoms. The molecule has 0 rings (SSSR count). The topological polar surface area (TPSA) is 26.3 Å². The molecule has 0 saturated heterocycles. The van der Waals surface area contributed by atoms with Gasteiger partial charge in [0, 0.05) is 12.0 Å². The molecule has 0 bridgehead atoms. The first-order chi connectivity index (χ1) is 7.47. The number of nitrogens with zero attached hydrogens (tertiary/aromatic N) is 1. The maximum Gasteiger partial charge on any atom is 0.337 e. The second-order valence-corrected chi connectivity index (χ2v) is 4.22. The molecule has 0 aliphatic heterocycles. The molecule has 0 spiro atoms. The molecule has 0 heterocycles. The highest BCUT2D eigenvalue weighted by Crippen LogP contribution is 2.18. The van der Waals surface area contributed by atoms with Crippen molar-refractivity contribution in [2.45, 2.75) is 47.3 Å². The van der Waals surface area contributed by atoms with Crippen LogP contribution in [0.1, 0.15) is 41.0 Å². The minimum Gasteiger partial charge on any atom is -0.409 e. The van der Waals surface area contributed by atoms with Gasteiger partial charge in [0.1, 0.15) is 0 Å². The molecule has 0 amide bonds. The molecular weight excluding hydrogens is 202 g/mol. The fourth-order valence-electron chi connectivity index (χ4n) is 2.09. The smallest absolute Gasteiger partial charge is 0.337 e. The van der Waals surface area contributed by atoms with E-state index in [1.807, 2.05) is 0 Å². The molecule has 3 heteroatoms. The number of quaternary nitrogens is 1. The third-order valence-corrected chi connectivity index (χ3v) is 3.44. The summed E-state index contributed by atoms with van der Waals surface area (Å²) in [5, 5.41) is 0. The molecule has 0 N–H and O–H groups in total. The van der Waals surface area contributed by atoms with E-state index in [4.69, 9.17) is 4.74 Å². The standard InChI is InChI=1S/C13H26NO2/c1-7-12(16-13(15)11(5)6)14(8-2,9-3)10-4/h12H,5,7-10H2,1-4,6H3/q+1. The third-order valence-electron chi connectivity index (χ3n) is 3.44. The van der Waals surface area contributed by atoms with Crippen molar-refractivity contribution in [1.82, 2.24) is 0 Å². The van der Waals surface area contributed by atoms with E-state index in [1.54, 1.807) is 6.92 Å². The van der Waals surface area contributed by atoms with E-state index in [0.29, 0.717) is 5.57 Å². The lowest BCUT2D eigenvalue weighted by Crippen LogP contribution is -2.56. The van der Waals surface area contributed by atoms with Gasteiger partial charge in [0.15, 0.2) is 0 Å². The third kappa shape index (κ3) is 3.34. The van der Waals surface area contributed by atoms with Crippen LogP contribution >= 0.6 is 0 Å². The van der Waals surface area contributed by atoms with Gasteiger partial charge >= 0.3 is 5.97 Å². The summed E-state index contributed by atoms with van der Waals surface area (Å²) in [5.74, 6) is -0.273. The number of hydrogen-bond acceptors (Lipinski definition) is 2. The number of carbonyl (C=O) groups is 1. The summed E-state index contributed by atoms with van der Waals surface area (Å²) in [6.45, 7) is 16.7. The predicted octanol–water partition coefficient (Wildman–Crippen LogP) is 2.72. The van der Waals surface area contributed by atoms with Crippen LogP contribution in [0.3, 0.4) is 0 Å². The largest absolute Gasteiger partial charge is 0.409 e. The molecule has 0 aromatic heterocycles. The van der Waals surface area contributed by atoms with E-state index in [0.717, 1.165) is 30.5 Å². The van der Waals surface area contributed by atoms with E-state index in [9.17, 15) is 4.79 Å². The first-order valence-corrected chi connectivity index (χ1v) is 6.19. The van der Waals surface area contributed by atoms with E-state index in [2.05, 4.69) is 34.3 Å². The monoisotopic (exact) mass is 228 g/mol. The van der Waals surface area contributed by atoms with Gasteiger partial charge in [0.25, 0.3) is 0 Å². The Morgan fingerprint density at radius 2 is 1.62 bits per heavy atom. The van der Waals surface area contributed by atoms with Gasteiger partial charge in [0.05, 0.1) is 19.6 Å². The van der Waals surface area contributed by atoms with Crippen molar-refractivity contribution in [2.75, 3.05) is 19.6 Å². The van der Waals surface area contributed by atoms with Gasteiger partial charge in [-0.1, -0.05) is 13.5 Å². The van der Waals surface area contributed by atoms with Crippen molar-refractivity contribution in [2.24, 2.45) is 0 Å². The average molecular weight is 228 g/mol. The number of hydrogen-bond donors (Lipinski definition) is 0. The summed E-state index contributed by atoms with van der Waals surface area (Å²) < 4.78 is 6.36. The maximum absolute atomic E-state index is 11.6. The molecular formula is C13H26NO2+. The van der Waals surface area contributed by atoms with Crippen LogP contribution < -0.4 is 0 Å². The zero-order valence-corrected chi connectivity index (χ0v) is 11.4. The predicted molar refractivity (Wildman–Crippen MR) is 66.9 cm³/mol. The van der Waals surface area contributed by atoms with Gasteiger partial charge in [-0.05, 0) is 27.7 Å². The highest BCUT2D eigenvalue weighted by Gasteiger charge is 2.34. The Bertz CT molecular complexity index is 236. The van der Waals surface area contributed by atoms with E-state index in [1.165, 1.54) is 0 Å². The van der Waals surface area contributed by atoms with Crippen molar-refractivity contribution >= 4 is 5.97 Å². The molecule has 0 fully saturated rings. The summed E-state index contributed by atoms with van der Waals surface area (Å²) in [6.07, 6.45) is 0.790. The summed E-state index contributed by atoms with van der Waals surface area (Å²) in [7, 11) is 0. The van der Waals surface area contributed by atoms with Crippen LogP contribution in [-0.2, 0) is 9.53 Å². The van der Waals surface area contributed by atoms with Gasteiger partial charge in [-0.25, -0.2) is 4.79 Å². The molecule has 0 aromatic carbocycles. The summed E-state index contributed by atoms with van der Waals surface area (Å²) in [5.41, 5.74) is 0.472. The molecule has 0 aromatic rings. The van der Waals surface area contributed by atoms with E-state index < -0.39 is 0 Å². The van der Waals surface area contributed by atoms with Gasteiger partial charge in [-0.2, -0.15) is 0 Å². The maximum atomic E-state index is 11.6. The molecule has 0 saturated carbocycles. The second-order valence-electron chi connectivity index (χ2n) is 4.22. The fourth-order valence-corrected chi connectivity index (χ4v) is 2.09. The lowest BCUT2D eigenvalue weighted by atomic mass is 10.2. The quantitative estimate of drug-likeness (QED) is 0.290. The Balaban J connectivity index is 4.81. The Kier molecular flexibility index (Phi) is 6.34. The Hall–Kier alpha value is -0.830. The highest BCUT2D eigenvalue weighted by molar-refractivity contribution is 5.86. The second kappa shape index (κ2) is 6.69. The van der Waals surface area contributed by atoms with Gasteiger partial charge in [-0.15, -0.1) is 0 Å². The molecule has 0 radical (unpaired) electrons. The zero-order valence-electron chi connectivity index (χ0n) is 11.4. The summed E-state index contributed by atoms with van der Waals surface area (Å²) in [4.78, 5) is 11.6. The number of carbonyl (C=O) groups excluding carboxylic acids is 1. The lowest BCUT2D eigenvalue weighted by molar-refractivity contribution is -0.965. The molecule has 0 aliphatic rings. The lowest BCUT2D eigenvalue weighted by Gasteiger charge is -2.41. The van der Waals surface area contributed by atoms with Crippen molar-refractivity contribution in [3.8, 4) is 0 Å². The molecule has 94 valence electrons. The zero-order chi connectivity index (χ0) is 12.8. The van der Waals surface area contributed by atoms with Crippen LogP contribution in [0.2, 0.25) is 0 Å². The normalized spacial score (nSPS) is 13.3. The molecule has 3 nitrogen and oxygen atoms in total. The van der Waals surface area contributed by atoms with Crippen LogP contribution in [0.25, 0.3) is 0 Å². The SMILES string of the molecule is C=C(C)C(=O)OC(CC)[N+](CC)(CC)CC. The summed E-state index contributed by atoms with van der Waals surface area (Å²) in [6, 6.07) is 0. The number of ether oxygens (including phenoxy) is 1. The van der Waals surface area contributed by atoms with E-state index >= 15 is 0 Å². The Morgan fingerprint density at radius 3 is 1.88 bits per heavy atom. The van der Waals surface area contributed by atoms with Crippen LogP contribution in [0.5, 0.6) is 0 Å². The molecule has 1 atom stereocenters. The number of esters is 1. The van der Waals surface area contributed by atoms with Crippen LogP contribution in [0.15, 0.2) is 12.2 Å². The highest BCUT2D eigenvalue weighted by atomic mass is 16.6.